The highest BCUT2D eigenvalue weighted by Crippen LogP contribution is 2.32. The zero-order valence-corrected chi connectivity index (χ0v) is 13.1. The maximum atomic E-state index is 12.4. The Morgan fingerprint density at radius 3 is 2.83 bits per heavy atom. The highest BCUT2D eigenvalue weighted by molar-refractivity contribution is 5.91. The van der Waals surface area contributed by atoms with E-state index in [1.165, 1.54) is 12.8 Å². The van der Waals surface area contributed by atoms with Crippen molar-refractivity contribution in [1.29, 1.82) is 0 Å². The maximum absolute atomic E-state index is 12.4. The number of H-pyrrole nitrogens is 1. The van der Waals surface area contributed by atoms with Crippen LogP contribution in [-0.4, -0.2) is 28.0 Å². The van der Waals surface area contributed by atoms with E-state index in [-0.39, 0.29) is 5.91 Å². The number of amides is 1. The highest BCUT2D eigenvalue weighted by atomic mass is 16.1. The van der Waals surface area contributed by atoms with Crippen molar-refractivity contribution in [3.8, 4) is 11.4 Å². The highest BCUT2D eigenvalue weighted by Gasteiger charge is 2.34. The summed E-state index contributed by atoms with van der Waals surface area (Å²) in [5.74, 6) is 1.45. The summed E-state index contributed by atoms with van der Waals surface area (Å²) in [6, 6.07) is 9.08. The van der Waals surface area contributed by atoms with Crippen molar-refractivity contribution in [2.75, 3.05) is 5.32 Å². The van der Waals surface area contributed by atoms with Crippen LogP contribution in [0.15, 0.2) is 36.7 Å². The van der Waals surface area contributed by atoms with Crippen LogP contribution in [0.25, 0.3) is 11.4 Å². The number of aromatic amines is 1. The van der Waals surface area contributed by atoms with E-state index in [1.54, 1.807) is 12.4 Å². The number of imidazole rings is 1. The average Bonchev–Trinajstić information content (AvgIpc) is 3.17. The molecule has 0 spiro atoms. The Hall–Kier alpha value is -2.14. The molecule has 2 aromatic rings. The number of hydrogen-bond acceptors (Lipinski definition) is 3. The third-order valence-corrected chi connectivity index (χ3v) is 4.96. The first-order chi connectivity index (χ1) is 11.3. The molecule has 1 amide bonds. The summed E-state index contributed by atoms with van der Waals surface area (Å²) in [7, 11) is 0. The number of piperidine rings is 1. The first kappa shape index (κ1) is 14.5. The van der Waals surface area contributed by atoms with Gasteiger partial charge in [0.2, 0.25) is 5.91 Å². The Balaban J connectivity index is 1.38. The van der Waals surface area contributed by atoms with E-state index in [2.05, 4.69) is 20.6 Å². The number of anilines is 1. The van der Waals surface area contributed by atoms with Crippen molar-refractivity contribution in [2.45, 2.75) is 44.2 Å². The lowest BCUT2D eigenvalue weighted by molar-refractivity contribution is -0.117. The van der Waals surface area contributed by atoms with Crippen molar-refractivity contribution in [3.05, 3.63) is 36.7 Å². The summed E-state index contributed by atoms with van der Waals surface area (Å²) >= 11 is 0. The molecule has 4 rings (SSSR count). The second-order valence-electron chi connectivity index (χ2n) is 6.75. The van der Waals surface area contributed by atoms with Gasteiger partial charge in [-0.3, -0.25) is 4.79 Å². The van der Waals surface area contributed by atoms with Gasteiger partial charge in [0.15, 0.2) is 0 Å². The number of nitrogens with one attached hydrogen (secondary N) is 3. The van der Waals surface area contributed by atoms with Gasteiger partial charge in [-0.2, -0.15) is 0 Å². The molecular formula is C18H22N4O. The quantitative estimate of drug-likeness (QED) is 0.813. The fraction of sp³-hybridized carbons (Fsp3) is 0.444. The molecule has 2 bridgehead atoms. The van der Waals surface area contributed by atoms with Gasteiger partial charge in [0.25, 0.3) is 0 Å². The molecule has 0 saturated carbocycles. The average molecular weight is 310 g/mol. The zero-order chi connectivity index (χ0) is 15.6. The summed E-state index contributed by atoms with van der Waals surface area (Å²) in [5.41, 5.74) is 1.81. The lowest BCUT2D eigenvalue weighted by atomic mass is 9.89. The van der Waals surface area contributed by atoms with Gasteiger partial charge >= 0.3 is 0 Å². The van der Waals surface area contributed by atoms with E-state index in [1.807, 2.05) is 24.3 Å². The minimum absolute atomic E-state index is 0.118. The van der Waals surface area contributed by atoms with E-state index < -0.39 is 0 Å². The maximum Gasteiger partial charge on any atom is 0.224 e. The predicted octanol–water partition coefficient (Wildman–Crippen LogP) is 2.94. The standard InChI is InChI=1S/C18H22N4O/c23-17(10-12-8-15-4-5-16(9-12)21-15)22-14-3-1-2-13(11-14)18-19-6-7-20-18/h1-3,6-7,11-12,15-16,21H,4-5,8-10H2,(H,19,20)(H,22,23). The normalized spacial score (nSPS) is 26.2. The molecule has 2 fully saturated rings. The molecule has 0 aliphatic carbocycles. The monoisotopic (exact) mass is 310 g/mol. The van der Waals surface area contributed by atoms with Gasteiger partial charge in [-0.1, -0.05) is 12.1 Å². The molecular weight excluding hydrogens is 288 g/mol. The SMILES string of the molecule is O=C(CC1CC2CCC(C1)N2)Nc1cccc(-c2ncc[nH]2)c1. The smallest absolute Gasteiger partial charge is 0.224 e. The van der Waals surface area contributed by atoms with E-state index in [0.717, 1.165) is 29.9 Å². The number of nitrogens with zero attached hydrogens (tertiary/aromatic N) is 1. The summed E-state index contributed by atoms with van der Waals surface area (Å²) in [6.07, 6.45) is 8.96. The Morgan fingerprint density at radius 2 is 2.09 bits per heavy atom. The topological polar surface area (TPSA) is 69.8 Å². The molecule has 5 heteroatoms. The number of hydrogen-bond donors (Lipinski definition) is 3. The fourth-order valence-corrected chi connectivity index (χ4v) is 3.98. The van der Waals surface area contributed by atoms with E-state index >= 15 is 0 Å². The van der Waals surface area contributed by atoms with Crippen molar-refractivity contribution >= 4 is 11.6 Å². The van der Waals surface area contributed by atoms with E-state index in [0.29, 0.717) is 24.4 Å². The van der Waals surface area contributed by atoms with Crippen LogP contribution in [0.4, 0.5) is 5.69 Å². The van der Waals surface area contributed by atoms with Crippen molar-refractivity contribution in [1.82, 2.24) is 15.3 Å². The number of carbonyl (C=O) groups excluding carboxylic acids is 1. The molecule has 1 aromatic heterocycles. The fourth-order valence-electron chi connectivity index (χ4n) is 3.98. The Morgan fingerprint density at radius 1 is 1.26 bits per heavy atom. The first-order valence-electron chi connectivity index (χ1n) is 8.42. The second-order valence-corrected chi connectivity index (χ2v) is 6.75. The Labute approximate surface area is 135 Å². The Bertz CT molecular complexity index is 670. The molecule has 3 N–H and O–H groups in total. The molecule has 2 atom stereocenters. The summed E-state index contributed by atoms with van der Waals surface area (Å²) in [4.78, 5) is 19.7. The zero-order valence-electron chi connectivity index (χ0n) is 13.1. The molecule has 5 nitrogen and oxygen atoms in total. The third kappa shape index (κ3) is 3.29. The second kappa shape index (κ2) is 6.16. The third-order valence-electron chi connectivity index (χ3n) is 4.96. The molecule has 120 valence electrons. The van der Waals surface area contributed by atoms with Gasteiger partial charge in [0.05, 0.1) is 0 Å². The number of benzene rings is 1. The molecule has 23 heavy (non-hydrogen) atoms. The Kier molecular flexibility index (Phi) is 3.87. The summed E-state index contributed by atoms with van der Waals surface area (Å²) in [6.45, 7) is 0. The number of aromatic nitrogens is 2. The molecule has 2 aliphatic rings. The predicted molar refractivity (Wildman–Crippen MR) is 89.9 cm³/mol. The number of carbonyl (C=O) groups is 1. The van der Waals surface area contributed by atoms with Crippen LogP contribution in [0.5, 0.6) is 0 Å². The minimum Gasteiger partial charge on any atom is -0.345 e. The molecule has 2 saturated heterocycles. The van der Waals surface area contributed by atoms with Gasteiger partial charge in [-0.25, -0.2) is 4.98 Å². The first-order valence-corrected chi connectivity index (χ1v) is 8.42. The van der Waals surface area contributed by atoms with Crippen LogP contribution < -0.4 is 10.6 Å². The van der Waals surface area contributed by atoms with E-state index in [4.69, 9.17) is 0 Å². The van der Waals surface area contributed by atoms with Gasteiger partial charge in [-0.15, -0.1) is 0 Å². The van der Waals surface area contributed by atoms with Crippen LogP contribution in [0.1, 0.15) is 32.1 Å². The molecule has 1 aromatic carbocycles. The van der Waals surface area contributed by atoms with Crippen LogP contribution in [0.3, 0.4) is 0 Å². The largest absolute Gasteiger partial charge is 0.345 e. The summed E-state index contributed by atoms with van der Waals surface area (Å²) < 4.78 is 0. The number of fused-ring (bicyclic) bond motifs is 2. The van der Waals surface area contributed by atoms with Gasteiger partial charge in [0, 0.05) is 42.1 Å². The molecule has 3 heterocycles. The molecule has 0 radical (unpaired) electrons. The van der Waals surface area contributed by atoms with Gasteiger partial charge < -0.3 is 15.6 Å². The molecule has 2 aliphatic heterocycles. The lowest BCUT2D eigenvalue weighted by Gasteiger charge is -2.28. The van der Waals surface area contributed by atoms with Crippen LogP contribution in [0.2, 0.25) is 0 Å². The van der Waals surface area contributed by atoms with Crippen LogP contribution in [-0.2, 0) is 4.79 Å². The van der Waals surface area contributed by atoms with Gasteiger partial charge in [0.1, 0.15) is 5.82 Å². The van der Waals surface area contributed by atoms with E-state index in [9.17, 15) is 4.79 Å². The van der Waals surface area contributed by atoms with Crippen molar-refractivity contribution < 1.29 is 4.79 Å². The summed E-state index contributed by atoms with van der Waals surface area (Å²) in [5, 5.41) is 6.66. The minimum atomic E-state index is 0.118. The van der Waals surface area contributed by atoms with Crippen LogP contribution >= 0.6 is 0 Å². The number of rotatable bonds is 4. The van der Waals surface area contributed by atoms with Crippen molar-refractivity contribution in [2.24, 2.45) is 5.92 Å². The van der Waals surface area contributed by atoms with Crippen molar-refractivity contribution in [3.63, 3.8) is 0 Å². The lowest BCUT2D eigenvalue weighted by Crippen LogP contribution is -2.39. The van der Waals surface area contributed by atoms with Gasteiger partial charge in [-0.05, 0) is 43.7 Å². The molecule has 2 unspecified atom stereocenters. The van der Waals surface area contributed by atoms with Crippen LogP contribution in [0, 0.1) is 5.92 Å².